The molecule has 0 unspecified atom stereocenters. The van der Waals surface area contributed by atoms with Crippen molar-refractivity contribution in [2.45, 2.75) is 20.1 Å². The summed E-state index contributed by atoms with van der Waals surface area (Å²) in [6.45, 7) is 2.82. The van der Waals surface area contributed by atoms with Crippen LogP contribution in [0.25, 0.3) is 15.5 Å². The van der Waals surface area contributed by atoms with E-state index in [2.05, 4.69) is 25.9 Å². The van der Waals surface area contributed by atoms with Crippen molar-refractivity contribution in [2.24, 2.45) is 0 Å². The molecule has 0 fully saturated rings. The number of hydrogen-bond acceptors (Lipinski definition) is 7. The van der Waals surface area contributed by atoms with Gasteiger partial charge in [0.05, 0.1) is 0 Å². The van der Waals surface area contributed by atoms with Gasteiger partial charge < -0.3 is 10.1 Å². The highest BCUT2D eigenvalue weighted by molar-refractivity contribution is 7.80. The molecule has 8 nitrogen and oxygen atoms in total. The van der Waals surface area contributed by atoms with Crippen molar-refractivity contribution >= 4 is 39.5 Å². The van der Waals surface area contributed by atoms with E-state index in [9.17, 15) is 4.79 Å². The summed E-state index contributed by atoms with van der Waals surface area (Å²) < 4.78 is 7.51. The Kier molecular flexibility index (Phi) is 6.96. The maximum absolute atomic E-state index is 12.5. The van der Waals surface area contributed by atoms with E-state index in [0.717, 1.165) is 32.5 Å². The third kappa shape index (κ3) is 5.56. The molecule has 0 radical (unpaired) electrons. The van der Waals surface area contributed by atoms with E-state index in [-0.39, 0.29) is 11.0 Å². The highest BCUT2D eigenvalue weighted by Crippen LogP contribution is 2.25. The first-order valence-corrected chi connectivity index (χ1v) is 12.4. The molecular formula is C26H22N6O2S2. The molecule has 2 N–H and O–H groups in total. The number of carbonyl (C=O) groups is 1. The van der Waals surface area contributed by atoms with Crippen LogP contribution in [0.4, 0.5) is 0 Å². The number of nitrogens with zero attached hydrogens (tertiary/aromatic N) is 4. The first-order valence-electron chi connectivity index (χ1n) is 11.2. The molecule has 0 spiro atoms. The Hall–Kier alpha value is -4.15. The average molecular weight is 515 g/mol. The molecule has 3 aromatic carbocycles. The molecule has 0 saturated heterocycles. The van der Waals surface area contributed by atoms with Crippen molar-refractivity contribution in [1.29, 1.82) is 0 Å². The highest BCUT2D eigenvalue weighted by atomic mass is 32.1. The number of aromatic nitrogens is 4. The lowest BCUT2D eigenvalue weighted by Crippen LogP contribution is -2.38. The van der Waals surface area contributed by atoms with Crippen LogP contribution in [0, 0.1) is 6.92 Å². The summed E-state index contributed by atoms with van der Waals surface area (Å²) in [5.41, 5.74) is 3.60. The van der Waals surface area contributed by atoms with Gasteiger partial charge in [-0.25, -0.2) is 0 Å². The van der Waals surface area contributed by atoms with Crippen LogP contribution in [-0.4, -0.2) is 30.8 Å². The molecule has 2 heterocycles. The second-order valence-electron chi connectivity index (χ2n) is 7.98. The number of thiocarbonyl (C=S) groups is 1. The Balaban J connectivity index is 1.10. The van der Waals surface area contributed by atoms with Crippen molar-refractivity contribution in [2.75, 3.05) is 0 Å². The highest BCUT2D eigenvalue weighted by Gasteiger charge is 2.11. The number of nitrogens with one attached hydrogen (secondary N) is 2. The molecule has 2 aromatic heterocycles. The summed E-state index contributed by atoms with van der Waals surface area (Å²) in [4.78, 5) is 13.3. The molecule has 0 bridgehead atoms. The molecule has 0 aliphatic carbocycles. The lowest BCUT2D eigenvalue weighted by molar-refractivity contribution is 0.0976. The first kappa shape index (κ1) is 23.6. The van der Waals surface area contributed by atoms with Gasteiger partial charge in [0.2, 0.25) is 4.96 Å². The van der Waals surface area contributed by atoms with Gasteiger partial charge in [0.25, 0.3) is 5.91 Å². The normalized spacial score (nSPS) is 10.8. The zero-order valence-electron chi connectivity index (χ0n) is 19.3. The molecule has 0 aliphatic rings. The number of ether oxygens (including phenoxy) is 1. The summed E-state index contributed by atoms with van der Waals surface area (Å²) in [7, 11) is 0. The predicted octanol–water partition coefficient (Wildman–Crippen LogP) is 4.54. The van der Waals surface area contributed by atoms with Gasteiger partial charge in [-0.05, 0) is 54.5 Å². The molecule has 10 heteroatoms. The fraction of sp³-hybridized carbons (Fsp3) is 0.115. The Morgan fingerprint density at radius 3 is 2.44 bits per heavy atom. The molecule has 0 aliphatic heterocycles. The van der Waals surface area contributed by atoms with Crippen LogP contribution in [0.1, 0.15) is 27.3 Å². The molecule has 36 heavy (non-hydrogen) atoms. The minimum atomic E-state index is -0.281. The van der Waals surface area contributed by atoms with Crippen molar-refractivity contribution < 1.29 is 9.53 Å². The summed E-state index contributed by atoms with van der Waals surface area (Å²) in [5, 5.41) is 19.6. The molecule has 5 rings (SSSR count). The smallest absolute Gasteiger partial charge is 0.257 e. The van der Waals surface area contributed by atoms with Gasteiger partial charge in [-0.15, -0.1) is 10.2 Å². The number of amides is 1. The zero-order chi connectivity index (χ0) is 24.9. The lowest BCUT2D eigenvalue weighted by Gasteiger charge is -2.11. The van der Waals surface area contributed by atoms with Gasteiger partial charge in [0.1, 0.15) is 17.4 Å². The van der Waals surface area contributed by atoms with Crippen LogP contribution >= 0.6 is 23.6 Å². The fourth-order valence-electron chi connectivity index (χ4n) is 3.44. The molecule has 180 valence electrons. The number of carbonyl (C=O) groups excluding carboxylic acids is 1. The third-order valence-corrected chi connectivity index (χ3v) is 6.59. The largest absolute Gasteiger partial charge is 0.489 e. The zero-order valence-corrected chi connectivity index (χ0v) is 21.0. The van der Waals surface area contributed by atoms with Gasteiger partial charge in [-0.1, -0.05) is 65.9 Å². The number of rotatable bonds is 7. The third-order valence-electron chi connectivity index (χ3n) is 5.39. The number of fused-ring (bicyclic) bond motifs is 1. The number of benzene rings is 3. The van der Waals surface area contributed by atoms with Gasteiger partial charge >= 0.3 is 0 Å². The van der Waals surface area contributed by atoms with Gasteiger partial charge in [-0.3, -0.25) is 10.1 Å². The van der Waals surface area contributed by atoms with Crippen molar-refractivity contribution in [3.8, 4) is 16.3 Å². The van der Waals surface area contributed by atoms with Crippen molar-refractivity contribution in [3.05, 3.63) is 101 Å². The van der Waals surface area contributed by atoms with Crippen LogP contribution in [0.5, 0.6) is 5.75 Å². The minimum absolute atomic E-state index is 0.262. The van der Waals surface area contributed by atoms with E-state index < -0.39 is 0 Å². The first-order chi connectivity index (χ1) is 17.5. The molecule has 0 atom stereocenters. The molecule has 1 amide bonds. The second kappa shape index (κ2) is 10.6. The minimum Gasteiger partial charge on any atom is -0.489 e. The maximum Gasteiger partial charge on any atom is 0.257 e. The van der Waals surface area contributed by atoms with Gasteiger partial charge in [0.15, 0.2) is 10.9 Å². The summed E-state index contributed by atoms with van der Waals surface area (Å²) in [6, 6.07) is 24.9. The monoisotopic (exact) mass is 514 g/mol. The van der Waals surface area contributed by atoms with Crippen molar-refractivity contribution in [1.82, 2.24) is 30.4 Å². The average Bonchev–Trinajstić information content (AvgIpc) is 3.49. The summed E-state index contributed by atoms with van der Waals surface area (Å²) >= 11 is 6.79. The Labute approximate surface area is 217 Å². The Morgan fingerprint density at radius 2 is 1.72 bits per heavy atom. The van der Waals surface area contributed by atoms with E-state index >= 15 is 0 Å². The molecule has 5 aromatic rings. The van der Waals surface area contributed by atoms with E-state index in [1.165, 1.54) is 11.3 Å². The van der Waals surface area contributed by atoms with E-state index in [1.54, 1.807) is 28.8 Å². The molecular weight excluding hydrogens is 492 g/mol. The van der Waals surface area contributed by atoms with E-state index in [4.69, 9.17) is 17.0 Å². The maximum atomic E-state index is 12.5. The topological polar surface area (TPSA) is 93.4 Å². The van der Waals surface area contributed by atoms with E-state index in [0.29, 0.717) is 24.5 Å². The van der Waals surface area contributed by atoms with E-state index in [1.807, 2.05) is 61.5 Å². The number of hydrogen-bond donors (Lipinski definition) is 2. The summed E-state index contributed by atoms with van der Waals surface area (Å²) in [6.07, 6.45) is 0. The van der Waals surface area contributed by atoms with Gasteiger partial charge in [0, 0.05) is 17.7 Å². The molecule has 0 saturated carbocycles. The SMILES string of the molecule is Cc1nnc2sc(-c3ccc(CNC(=S)NC(=O)c4ccc(OCc5ccccc5)cc4)cc3)nn12. The predicted molar refractivity (Wildman–Crippen MR) is 143 cm³/mol. The van der Waals surface area contributed by atoms with Crippen LogP contribution in [-0.2, 0) is 13.2 Å². The second-order valence-corrected chi connectivity index (χ2v) is 9.35. The van der Waals surface area contributed by atoms with Crippen LogP contribution in [0.2, 0.25) is 0 Å². The summed E-state index contributed by atoms with van der Waals surface area (Å²) in [5.74, 6) is 1.17. The fourth-order valence-corrected chi connectivity index (χ4v) is 4.50. The Morgan fingerprint density at radius 1 is 0.972 bits per heavy atom. The van der Waals surface area contributed by atoms with Crippen LogP contribution < -0.4 is 15.4 Å². The van der Waals surface area contributed by atoms with Gasteiger partial charge in [-0.2, -0.15) is 9.61 Å². The van der Waals surface area contributed by atoms with Crippen LogP contribution in [0.15, 0.2) is 78.9 Å². The quantitative estimate of drug-likeness (QED) is 0.308. The standard InChI is InChI=1S/C26H22N6O2S2/c1-17-29-30-26-32(17)31-24(36-26)21-9-7-18(8-10-21)15-27-25(35)28-23(33)20-11-13-22(14-12-20)34-16-19-5-3-2-4-6-19/h2-14H,15-16H2,1H3,(H2,27,28,33,35). The van der Waals surface area contributed by atoms with Crippen LogP contribution in [0.3, 0.4) is 0 Å². The van der Waals surface area contributed by atoms with Crippen molar-refractivity contribution in [3.63, 3.8) is 0 Å². The Bertz CT molecular complexity index is 1500. The number of aryl methyl sites for hydroxylation is 1. The lowest BCUT2D eigenvalue weighted by atomic mass is 10.1.